The third kappa shape index (κ3) is 2.18. The standard InChI is InChI=1S/C10H12BrN3O6/c11-7-1-2-9(13(17)18)4-10(7,14(19)20)6-12(5-9)3-8(15)16/h1H,2-6H2,(H,15,16)/t9-,10+/m0/s1. The van der Waals surface area contributed by atoms with Gasteiger partial charge in [0.2, 0.25) is 0 Å². The van der Waals surface area contributed by atoms with Gasteiger partial charge in [-0.1, -0.05) is 6.08 Å². The maximum absolute atomic E-state index is 11.4. The van der Waals surface area contributed by atoms with Crippen LogP contribution in [-0.2, 0) is 4.79 Å². The highest BCUT2D eigenvalue weighted by molar-refractivity contribution is 9.11. The van der Waals surface area contributed by atoms with E-state index in [1.54, 1.807) is 0 Å². The van der Waals surface area contributed by atoms with Crippen molar-refractivity contribution in [1.29, 1.82) is 0 Å². The van der Waals surface area contributed by atoms with Crippen LogP contribution in [0.3, 0.4) is 0 Å². The van der Waals surface area contributed by atoms with Crippen LogP contribution in [0.5, 0.6) is 0 Å². The van der Waals surface area contributed by atoms with Crippen molar-refractivity contribution in [1.82, 2.24) is 0 Å². The number of quaternary nitrogens is 1. The normalized spacial score (nSPS) is 36.0. The lowest BCUT2D eigenvalue weighted by Crippen LogP contribution is -3.19. The molecule has 1 aliphatic heterocycles. The van der Waals surface area contributed by atoms with Crippen LogP contribution in [0, 0.1) is 20.2 Å². The summed E-state index contributed by atoms with van der Waals surface area (Å²) < 4.78 is 0.281. The highest BCUT2D eigenvalue weighted by Gasteiger charge is 2.67. The van der Waals surface area contributed by atoms with Crippen molar-refractivity contribution >= 4 is 21.9 Å². The molecule has 0 radical (unpaired) electrons. The van der Waals surface area contributed by atoms with Gasteiger partial charge in [0.15, 0.2) is 6.54 Å². The van der Waals surface area contributed by atoms with Gasteiger partial charge in [-0.25, -0.2) is 0 Å². The smallest absolute Gasteiger partial charge is 0.307 e. The molecule has 1 unspecified atom stereocenters. The number of nitrogens with one attached hydrogen (secondary N) is 1. The number of hydrogen-bond donors (Lipinski definition) is 1. The van der Waals surface area contributed by atoms with Crippen molar-refractivity contribution in [3.8, 4) is 0 Å². The Kier molecular flexibility index (Phi) is 3.54. The average molecular weight is 350 g/mol. The number of carboxylic acids is 1. The second-order valence-corrected chi connectivity index (χ2v) is 6.21. The molecule has 20 heavy (non-hydrogen) atoms. The van der Waals surface area contributed by atoms with E-state index < -0.39 is 33.4 Å². The summed E-state index contributed by atoms with van der Waals surface area (Å²) in [7, 11) is 0. The molecule has 1 heterocycles. The summed E-state index contributed by atoms with van der Waals surface area (Å²) in [6, 6.07) is 0. The summed E-state index contributed by atoms with van der Waals surface area (Å²) in [5, 5.41) is 33.5. The first kappa shape index (κ1) is 14.9. The summed E-state index contributed by atoms with van der Waals surface area (Å²) in [6.07, 6.45) is 1.28. The molecule has 0 aromatic carbocycles. The number of nitro groups is 2. The Hall–Kier alpha value is -1.55. The second-order valence-electron chi connectivity index (χ2n) is 5.36. The van der Waals surface area contributed by atoms with Crippen molar-refractivity contribution in [2.24, 2.45) is 0 Å². The Morgan fingerprint density at radius 1 is 1.35 bits per heavy atom. The number of nitrogens with zero attached hydrogens (tertiary/aromatic N) is 2. The Labute approximate surface area is 121 Å². The van der Waals surface area contributed by atoms with Crippen molar-refractivity contribution in [2.45, 2.75) is 23.9 Å². The minimum atomic E-state index is -1.63. The van der Waals surface area contributed by atoms with Crippen molar-refractivity contribution in [3.63, 3.8) is 0 Å². The van der Waals surface area contributed by atoms with E-state index in [4.69, 9.17) is 0 Å². The zero-order valence-electron chi connectivity index (χ0n) is 10.3. The minimum absolute atomic E-state index is 0.0483. The molecule has 2 aliphatic rings. The second kappa shape index (κ2) is 4.77. The van der Waals surface area contributed by atoms with E-state index in [1.165, 1.54) is 6.08 Å². The SMILES string of the molecule is O=C([O-])C[NH+]1C[C@]2([N+](=O)[O-])CC=C(Br)[C@]([N+](=O)[O-])(C1)C2. The molecule has 3 atom stereocenters. The maximum atomic E-state index is 11.4. The molecule has 9 nitrogen and oxygen atoms in total. The number of fused-ring (bicyclic) bond motifs is 2. The fourth-order valence-electron chi connectivity index (χ4n) is 3.14. The van der Waals surface area contributed by atoms with Crippen molar-refractivity contribution in [2.75, 3.05) is 19.6 Å². The third-order valence-electron chi connectivity index (χ3n) is 3.98. The molecule has 0 saturated carbocycles. The number of carbonyl (C=O) groups is 1. The number of carboxylic acid groups (broad SMARTS) is 1. The number of rotatable bonds is 4. The quantitative estimate of drug-likeness (QED) is 0.450. The summed E-state index contributed by atoms with van der Waals surface area (Å²) in [6.45, 7) is -0.646. The van der Waals surface area contributed by atoms with Gasteiger partial charge in [-0.2, -0.15) is 0 Å². The van der Waals surface area contributed by atoms with Crippen LogP contribution >= 0.6 is 15.9 Å². The van der Waals surface area contributed by atoms with Gasteiger partial charge in [-0.05, 0) is 15.9 Å². The number of halogens is 1. The minimum Gasteiger partial charge on any atom is -0.544 e. The molecule has 0 aromatic heterocycles. The summed E-state index contributed by atoms with van der Waals surface area (Å²) in [4.78, 5) is 32.7. The zero-order valence-corrected chi connectivity index (χ0v) is 11.9. The molecule has 1 saturated heterocycles. The van der Waals surface area contributed by atoms with Crippen LogP contribution in [0.2, 0.25) is 0 Å². The van der Waals surface area contributed by atoms with E-state index in [0.717, 1.165) is 0 Å². The van der Waals surface area contributed by atoms with Gasteiger partial charge in [-0.15, -0.1) is 0 Å². The molecule has 2 bridgehead atoms. The molecule has 0 amide bonds. The van der Waals surface area contributed by atoms with E-state index in [2.05, 4.69) is 15.9 Å². The van der Waals surface area contributed by atoms with Crippen LogP contribution in [0.25, 0.3) is 0 Å². The fraction of sp³-hybridized carbons (Fsp3) is 0.700. The molecular formula is C10H12BrN3O6. The molecule has 1 fully saturated rings. The van der Waals surface area contributed by atoms with Gasteiger partial charge in [0.1, 0.15) is 19.5 Å². The number of piperidine rings is 1. The topological polar surface area (TPSA) is 131 Å². The van der Waals surface area contributed by atoms with Gasteiger partial charge in [0, 0.05) is 16.3 Å². The molecule has 1 N–H and O–H groups in total. The van der Waals surface area contributed by atoms with Crippen molar-refractivity contribution < 1.29 is 24.6 Å². The van der Waals surface area contributed by atoms with Crippen molar-refractivity contribution in [3.05, 3.63) is 30.8 Å². The van der Waals surface area contributed by atoms with E-state index in [0.29, 0.717) is 0 Å². The van der Waals surface area contributed by atoms with E-state index in [1.807, 2.05) is 0 Å². The van der Waals surface area contributed by atoms with Gasteiger partial charge >= 0.3 is 5.54 Å². The molecule has 110 valence electrons. The number of aliphatic carboxylic acids is 1. The van der Waals surface area contributed by atoms with Crippen LogP contribution in [0.1, 0.15) is 12.8 Å². The van der Waals surface area contributed by atoms with Crippen LogP contribution in [0.15, 0.2) is 10.6 Å². The van der Waals surface area contributed by atoms with E-state index >= 15 is 0 Å². The Morgan fingerprint density at radius 3 is 2.50 bits per heavy atom. The van der Waals surface area contributed by atoms with E-state index in [-0.39, 0.29) is 35.3 Å². The predicted octanol–water partition coefficient (Wildman–Crippen LogP) is -2.26. The summed E-state index contributed by atoms with van der Waals surface area (Å²) in [5.41, 5.74) is -3.12. The molecule has 2 rings (SSSR count). The number of likely N-dealkylation sites (tertiary alicyclic amines) is 1. The van der Waals surface area contributed by atoms with Gasteiger partial charge in [-0.3, -0.25) is 20.2 Å². The first-order chi connectivity index (χ1) is 9.22. The highest BCUT2D eigenvalue weighted by Crippen LogP contribution is 2.42. The first-order valence-corrected chi connectivity index (χ1v) is 6.70. The average Bonchev–Trinajstić information content (AvgIpc) is 2.33. The van der Waals surface area contributed by atoms with Crippen LogP contribution in [-0.4, -0.2) is 46.5 Å². The molecule has 0 aromatic rings. The Morgan fingerprint density at radius 2 is 2.00 bits per heavy atom. The van der Waals surface area contributed by atoms with Gasteiger partial charge in [0.25, 0.3) is 5.54 Å². The third-order valence-corrected chi connectivity index (χ3v) is 5.04. The Balaban J connectivity index is 2.47. The zero-order chi connectivity index (χ0) is 15.1. The first-order valence-electron chi connectivity index (χ1n) is 5.90. The molecule has 1 aliphatic carbocycles. The lowest BCUT2D eigenvalue weighted by atomic mass is 9.72. The van der Waals surface area contributed by atoms with Gasteiger partial charge in [0.05, 0.1) is 10.5 Å². The number of hydrogen-bond acceptors (Lipinski definition) is 6. The monoisotopic (exact) mass is 349 g/mol. The maximum Gasteiger partial charge on any atom is 0.307 e. The number of carbonyl (C=O) groups excluding carboxylic acids is 1. The van der Waals surface area contributed by atoms with E-state index in [9.17, 15) is 30.1 Å². The van der Waals surface area contributed by atoms with Gasteiger partial charge < -0.3 is 14.8 Å². The lowest BCUT2D eigenvalue weighted by molar-refractivity contribution is -0.938. The lowest BCUT2D eigenvalue weighted by Gasteiger charge is -2.42. The molecular weight excluding hydrogens is 338 g/mol. The predicted molar refractivity (Wildman–Crippen MR) is 66.3 cm³/mol. The highest BCUT2D eigenvalue weighted by atomic mass is 79.9. The molecule has 0 spiro atoms. The summed E-state index contributed by atoms with van der Waals surface area (Å²) in [5.74, 6) is -1.38. The fourth-order valence-corrected chi connectivity index (χ4v) is 3.73. The molecule has 10 heteroatoms. The largest absolute Gasteiger partial charge is 0.544 e. The van der Waals surface area contributed by atoms with Crippen LogP contribution < -0.4 is 10.0 Å². The Bertz CT molecular complexity index is 523. The van der Waals surface area contributed by atoms with Crippen LogP contribution in [0.4, 0.5) is 0 Å². The summed E-state index contributed by atoms with van der Waals surface area (Å²) >= 11 is 3.12.